The Balaban J connectivity index is 1.98. The lowest BCUT2D eigenvalue weighted by Crippen LogP contribution is -2.51. The van der Waals surface area contributed by atoms with Crippen molar-refractivity contribution in [2.24, 2.45) is 12.0 Å². The maximum absolute atomic E-state index is 5.79. The van der Waals surface area contributed by atoms with Gasteiger partial charge in [0.25, 0.3) is 0 Å². The number of hydrogen-bond acceptors (Lipinski definition) is 5. The van der Waals surface area contributed by atoms with Crippen LogP contribution >= 0.6 is 0 Å². The minimum absolute atomic E-state index is 0.188. The van der Waals surface area contributed by atoms with Crippen LogP contribution in [0.3, 0.4) is 0 Å². The molecule has 2 N–H and O–H groups in total. The van der Waals surface area contributed by atoms with Crippen molar-refractivity contribution in [3.63, 3.8) is 0 Å². The molecule has 8 heteroatoms. The molecular formula is C17H32N6O2. The van der Waals surface area contributed by atoms with E-state index in [0.717, 1.165) is 63.1 Å². The van der Waals surface area contributed by atoms with Crippen molar-refractivity contribution < 1.29 is 9.47 Å². The van der Waals surface area contributed by atoms with Crippen molar-refractivity contribution in [3.8, 4) is 0 Å². The molecule has 1 fully saturated rings. The number of hydrogen-bond donors (Lipinski definition) is 2. The van der Waals surface area contributed by atoms with Crippen LogP contribution in [0.4, 0.5) is 0 Å². The van der Waals surface area contributed by atoms with Gasteiger partial charge >= 0.3 is 0 Å². The summed E-state index contributed by atoms with van der Waals surface area (Å²) in [7, 11) is 3.73. The summed E-state index contributed by atoms with van der Waals surface area (Å²) in [6.07, 6.45) is 4.03. The number of rotatable bonds is 8. The fraction of sp³-hybridized carbons (Fsp3) is 0.824. The smallest absolute Gasteiger partial charge is 0.191 e. The Morgan fingerprint density at radius 1 is 1.32 bits per heavy atom. The summed E-state index contributed by atoms with van der Waals surface area (Å²) in [4.78, 5) is 4.67. The van der Waals surface area contributed by atoms with E-state index in [1.165, 1.54) is 0 Å². The Labute approximate surface area is 150 Å². The van der Waals surface area contributed by atoms with Crippen LogP contribution in [0, 0.1) is 6.92 Å². The van der Waals surface area contributed by atoms with Crippen LogP contribution in [0.2, 0.25) is 0 Å². The van der Waals surface area contributed by atoms with Gasteiger partial charge in [0.1, 0.15) is 12.4 Å². The van der Waals surface area contributed by atoms with Gasteiger partial charge < -0.3 is 24.7 Å². The number of ether oxygens (including phenoxy) is 2. The molecule has 25 heavy (non-hydrogen) atoms. The lowest BCUT2D eigenvalue weighted by Gasteiger charge is -2.36. The average Bonchev–Trinajstić information content (AvgIpc) is 2.96. The number of aromatic nitrogens is 3. The van der Waals surface area contributed by atoms with E-state index in [1.807, 2.05) is 18.5 Å². The second-order valence-corrected chi connectivity index (χ2v) is 6.52. The van der Waals surface area contributed by atoms with Gasteiger partial charge in [-0.3, -0.25) is 0 Å². The van der Waals surface area contributed by atoms with Crippen LogP contribution in [0.15, 0.2) is 4.99 Å². The molecule has 0 aromatic carbocycles. The second-order valence-electron chi connectivity index (χ2n) is 6.52. The lowest BCUT2D eigenvalue weighted by atomic mass is 9.94. The Morgan fingerprint density at radius 3 is 2.68 bits per heavy atom. The molecule has 0 aliphatic carbocycles. The zero-order valence-corrected chi connectivity index (χ0v) is 16.0. The molecule has 0 bridgehead atoms. The largest absolute Gasteiger partial charge is 0.381 e. The summed E-state index contributed by atoms with van der Waals surface area (Å²) in [5, 5.41) is 15.1. The molecule has 0 unspecified atom stereocenters. The highest BCUT2D eigenvalue weighted by Crippen LogP contribution is 2.23. The predicted molar refractivity (Wildman–Crippen MR) is 97.6 cm³/mol. The van der Waals surface area contributed by atoms with E-state index in [0.29, 0.717) is 13.1 Å². The third-order valence-electron chi connectivity index (χ3n) is 4.80. The van der Waals surface area contributed by atoms with Crippen LogP contribution in [0.1, 0.15) is 44.3 Å². The number of nitrogens with one attached hydrogen (secondary N) is 2. The van der Waals surface area contributed by atoms with Crippen LogP contribution in [0.25, 0.3) is 0 Å². The minimum Gasteiger partial charge on any atom is -0.381 e. The van der Waals surface area contributed by atoms with Crippen molar-refractivity contribution >= 4 is 5.96 Å². The quantitative estimate of drug-likeness (QED) is 0.415. The van der Waals surface area contributed by atoms with Crippen LogP contribution in [-0.2, 0) is 23.1 Å². The van der Waals surface area contributed by atoms with Gasteiger partial charge in [-0.2, -0.15) is 0 Å². The van der Waals surface area contributed by atoms with Crippen LogP contribution in [-0.4, -0.2) is 59.7 Å². The number of guanidine groups is 1. The molecule has 1 aliphatic rings. The number of nitrogens with zero attached hydrogens (tertiary/aromatic N) is 4. The monoisotopic (exact) mass is 352 g/mol. The molecule has 0 radical (unpaired) electrons. The van der Waals surface area contributed by atoms with E-state index in [-0.39, 0.29) is 5.60 Å². The summed E-state index contributed by atoms with van der Waals surface area (Å²) in [5.74, 6) is 2.53. The Morgan fingerprint density at radius 2 is 2.08 bits per heavy atom. The molecule has 2 rings (SSSR count). The molecule has 1 aliphatic heterocycles. The summed E-state index contributed by atoms with van der Waals surface area (Å²) in [6, 6.07) is 0. The molecule has 142 valence electrons. The van der Waals surface area contributed by atoms with Crippen LogP contribution in [0.5, 0.6) is 0 Å². The number of aryl methyl sites for hydroxylation is 1. The molecule has 0 amide bonds. The van der Waals surface area contributed by atoms with Crippen molar-refractivity contribution in [2.45, 2.75) is 51.7 Å². The van der Waals surface area contributed by atoms with Gasteiger partial charge in [-0.1, -0.05) is 13.3 Å². The van der Waals surface area contributed by atoms with E-state index in [4.69, 9.17) is 9.47 Å². The molecule has 0 saturated carbocycles. The van der Waals surface area contributed by atoms with Gasteiger partial charge in [0.15, 0.2) is 11.8 Å². The maximum atomic E-state index is 5.79. The second kappa shape index (κ2) is 9.72. The number of unbranched alkanes of at least 4 members (excludes halogenated alkanes) is 1. The van der Waals surface area contributed by atoms with Gasteiger partial charge in [0.05, 0.1) is 5.60 Å². The van der Waals surface area contributed by atoms with Gasteiger partial charge in [-0.25, -0.2) is 4.99 Å². The summed E-state index contributed by atoms with van der Waals surface area (Å²) in [5.41, 5.74) is -0.188. The normalized spacial score (nSPS) is 17.5. The Kier molecular flexibility index (Phi) is 7.64. The third-order valence-corrected chi connectivity index (χ3v) is 4.80. The van der Waals surface area contributed by atoms with Crippen LogP contribution < -0.4 is 10.6 Å². The van der Waals surface area contributed by atoms with E-state index >= 15 is 0 Å². The topological polar surface area (TPSA) is 85.6 Å². The van der Waals surface area contributed by atoms with Crippen molar-refractivity contribution in [1.29, 1.82) is 0 Å². The highest BCUT2D eigenvalue weighted by Gasteiger charge is 2.32. The first-order valence-corrected chi connectivity index (χ1v) is 9.10. The maximum Gasteiger partial charge on any atom is 0.191 e. The molecule has 1 saturated heterocycles. The predicted octanol–water partition coefficient (Wildman–Crippen LogP) is 1.15. The van der Waals surface area contributed by atoms with Crippen molar-refractivity contribution in [2.75, 3.05) is 33.4 Å². The fourth-order valence-corrected chi connectivity index (χ4v) is 2.74. The summed E-state index contributed by atoms with van der Waals surface area (Å²) in [6.45, 7) is 7.68. The Hall–Kier alpha value is -1.67. The van der Waals surface area contributed by atoms with E-state index in [2.05, 4.69) is 32.7 Å². The molecule has 8 nitrogen and oxygen atoms in total. The first kappa shape index (κ1) is 19.7. The van der Waals surface area contributed by atoms with E-state index < -0.39 is 0 Å². The fourth-order valence-electron chi connectivity index (χ4n) is 2.74. The highest BCUT2D eigenvalue weighted by atomic mass is 16.5. The SMILES string of the molecule is CCCCNC(=NCc1nnc(C)n1C)NCC1(OC)CCOCC1. The average molecular weight is 352 g/mol. The van der Waals surface area contributed by atoms with Crippen molar-refractivity contribution in [1.82, 2.24) is 25.4 Å². The van der Waals surface area contributed by atoms with E-state index in [9.17, 15) is 0 Å². The zero-order valence-electron chi connectivity index (χ0n) is 16.0. The van der Waals surface area contributed by atoms with E-state index in [1.54, 1.807) is 7.11 Å². The Bertz CT molecular complexity index is 551. The summed E-state index contributed by atoms with van der Waals surface area (Å²) >= 11 is 0. The lowest BCUT2D eigenvalue weighted by molar-refractivity contribution is -0.0855. The van der Waals surface area contributed by atoms with Gasteiger partial charge in [-0.05, 0) is 13.3 Å². The van der Waals surface area contributed by atoms with Gasteiger partial charge in [0, 0.05) is 53.3 Å². The highest BCUT2D eigenvalue weighted by molar-refractivity contribution is 5.79. The third kappa shape index (κ3) is 5.67. The van der Waals surface area contributed by atoms with Gasteiger partial charge in [-0.15, -0.1) is 10.2 Å². The molecule has 1 aromatic rings. The van der Waals surface area contributed by atoms with Gasteiger partial charge in [0.2, 0.25) is 0 Å². The molecular weight excluding hydrogens is 320 g/mol. The standard InChI is InChI=1S/C17H32N6O2/c1-5-6-9-18-16(19-12-15-22-21-14(2)23(15)3)20-13-17(24-4)7-10-25-11-8-17/h5-13H2,1-4H3,(H2,18,19,20). The van der Waals surface area contributed by atoms with Crippen molar-refractivity contribution in [3.05, 3.63) is 11.6 Å². The first-order chi connectivity index (χ1) is 12.1. The summed E-state index contributed by atoms with van der Waals surface area (Å²) < 4.78 is 13.2. The molecule has 0 atom stereocenters. The minimum atomic E-state index is -0.188. The number of methoxy groups -OCH3 is 1. The molecule has 0 spiro atoms. The molecule has 1 aromatic heterocycles. The first-order valence-electron chi connectivity index (χ1n) is 9.10. The molecule has 2 heterocycles. The number of aliphatic imine (C=N–C) groups is 1. The zero-order chi connectivity index (χ0) is 18.1.